The van der Waals surface area contributed by atoms with Gasteiger partial charge in [0, 0.05) is 24.3 Å². The van der Waals surface area contributed by atoms with Crippen molar-refractivity contribution >= 4 is 23.5 Å². The van der Waals surface area contributed by atoms with Gasteiger partial charge < -0.3 is 20.9 Å². The molecule has 0 bridgehead atoms. The smallest absolute Gasteiger partial charge is 0.319 e. The lowest BCUT2D eigenvalue weighted by Crippen LogP contribution is -2.42. The van der Waals surface area contributed by atoms with E-state index in [0.717, 1.165) is 10.5 Å². The number of hydrogen-bond acceptors (Lipinski definition) is 5. The highest BCUT2D eigenvalue weighted by molar-refractivity contribution is 5.96. The molecule has 0 unspecified atom stereocenters. The van der Waals surface area contributed by atoms with Gasteiger partial charge in [0.05, 0.1) is 37.5 Å². The first-order valence-corrected chi connectivity index (χ1v) is 10.6. The SMILES string of the molecule is CC(C)NC(=O)Nc1ccc(Cn2cc(C(=O)NCC(=O)N3CC(F)(F)C[C@H]3C#N)cn2)cc1. The third kappa shape index (κ3) is 6.50. The van der Waals surface area contributed by atoms with Gasteiger partial charge >= 0.3 is 6.03 Å². The molecule has 3 N–H and O–H groups in total. The summed E-state index contributed by atoms with van der Waals surface area (Å²) >= 11 is 0. The van der Waals surface area contributed by atoms with Crippen LogP contribution in [0, 0.1) is 11.3 Å². The number of nitrogens with zero attached hydrogens (tertiary/aromatic N) is 4. The predicted molar refractivity (Wildman–Crippen MR) is 118 cm³/mol. The maximum atomic E-state index is 13.5. The molecule has 3 rings (SSSR count). The Morgan fingerprint density at radius 3 is 2.62 bits per heavy atom. The van der Waals surface area contributed by atoms with Crippen molar-refractivity contribution in [2.24, 2.45) is 0 Å². The molecular formula is C22H25F2N7O3. The van der Waals surface area contributed by atoms with Crippen molar-refractivity contribution in [3.63, 3.8) is 0 Å². The topological polar surface area (TPSA) is 132 Å². The minimum atomic E-state index is -3.12. The largest absolute Gasteiger partial charge is 0.343 e. The van der Waals surface area contributed by atoms with E-state index in [4.69, 9.17) is 5.26 Å². The Morgan fingerprint density at radius 2 is 1.97 bits per heavy atom. The second-order valence-corrected chi connectivity index (χ2v) is 8.29. The first kappa shape index (κ1) is 24.6. The second-order valence-electron chi connectivity index (χ2n) is 8.29. The Bertz CT molecular complexity index is 1090. The Kier molecular flexibility index (Phi) is 7.45. The number of rotatable bonds is 7. The number of amides is 4. The molecule has 34 heavy (non-hydrogen) atoms. The number of nitriles is 1. The molecule has 0 radical (unpaired) electrons. The first-order valence-electron chi connectivity index (χ1n) is 10.6. The Hall–Kier alpha value is -4.01. The lowest BCUT2D eigenvalue weighted by Gasteiger charge is -2.19. The van der Waals surface area contributed by atoms with E-state index in [1.807, 2.05) is 26.0 Å². The van der Waals surface area contributed by atoms with E-state index >= 15 is 0 Å². The highest BCUT2D eigenvalue weighted by atomic mass is 19.3. The Balaban J connectivity index is 1.51. The van der Waals surface area contributed by atoms with E-state index in [1.165, 1.54) is 17.1 Å². The second kappa shape index (κ2) is 10.3. The summed E-state index contributed by atoms with van der Waals surface area (Å²) in [6.45, 7) is 2.74. The molecule has 180 valence electrons. The zero-order chi connectivity index (χ0) is 24.9. The summed E-state index contributed by atoms with van der Waals surface area (Å²) in [5.74, 6) is -4.45. The van der Waals surface area contributed by atoms with Gasteiger partial charge in [0.2, 0.25) is 5.91 Å². The number of halogens is 2. The van der Waals surface area contributed by atoms with Crippen molar-refractivity contribution in [2.75, 3.05) is 18.4 Å². The quantitative estimate of drug-likeness (QED) is 0.566. The fourth-order valence-corrected chi connectivity index (χ4v) is 3.43. The normalized spacial score (nSPS) is 16.7. The van der Waals surface area contributed by atoms with E-state index < -0.39 is 43.3 Å². The van der Waals surface area contributed by atoms with E-state index in [2.05, 4.69) is 21.0 Å². The Labute approximate surface area is 194 Å². The van der Waals surface area contributed by atoms with Crippen molar-refractivity contribution in [1.29, 1.82) is 5.26 Å². The molecule has 1 saturated heterocycles. The van der Waals surface area contributed by atoms with Gasteiger partial charge in [-0.25, -0.2) is 13.6 Å². The Morgan fingerprint density at radius 1 is 1.26 bits per heavy atom. The predicted octanol–water partition coefficient (Wildman–Crippen LogP) is 1.95. The van der Waals surface area contributed by atoms with E-state index in [1.54, 1.807) is 18.2 Å². The lowest BCUT2D eigenvalue weighted by molar-refractivity contribution is -0.131. The molecular weight excluding hydrogens is 448 g/mol. The molecule has 2 aromatic rings. The monoisotopic (exact) mass is 473 g/mol. The number of urea groups is 1. The van der Waals surface area contributed by atoms with Gasteiger partial charge in [0.1, 0.15) is 6.04 Å². The molecule has 0 spiro atoms. The van der Waals surface area contributed by atoms with Crippen LogP contribution in [0.25, 0.3) is 0 Å². The molecule has 1 aliphatic rings. The lowest BCUT2D eigenvalue weighted by atomic mass is 10.2. The molecule has 1 aromatic carbocycles. The van der Waals surface area contributed by atoms with Gasteiger partial charge in [-0.05, 0) is 31.5 Å². The molecule has 4 amide bonds. The van der Waals surface area contributed by atoms with Crippen LogP contribution in [0.3, 0.4) is 0 Å². The summed E-state index contributed by atoms with van der Waals surface area (Å²) in [4.78, 5) is 37.1. The number of likely N-dealkylation sites (tertiary alicyclic amines) is 1. The highest BCUT2D eigenvalue weighted by Gasteiger charge is 2.47. The third-order valence-corrected chi connectivity index (χ3v) is 5.01. The first-order chi connectivity index (χ1) is 16.1. The molecule has 10 nitrogen and oxygen atoms in total. The average molecular weight is 473 g/mol. The maximum absolute atomic E-state index is 13.5. The maximum Gasteiger partial charge on any atom is 0.319 e. The van der Waals surface area contributed by atoms with Gasteiger partial charge in [-0.3, -0.25) is 14.3 Å². The number of alkyl halides is 2. The molecule has 0 saturated carbocycles. The van der Waals surface area contributed by atoms with Crippen LogP contribution in [0.15, 0.2) is 36.7 Å². The number of carbonyl (C=O) groups is 3. The molecule has 12 heteroatoms. The summed E-state index contributed by atoms with van der Waals surface area (Å²) in [5, 5.41) is 20.9. The number of hydrogen-bond donors (Lipinski definition) is 3. The van der Waals surface area contributed by atoms with Crippen molar-refractivity contribution in [3.8, 4) is 6.07 Å². The molecule has 0 aliphatic carbocycles. The minimum Gasteiger partial charge on any atom is -0.343 e. The number of nitrogens with one attached hydrogen (secondary N) is 3. The zero-order valence-electron chi connectivity index (χ0n) is 18.7. The van der Waals surface area contributed by atoms with Crippen LogP contribution in [-0.4, -0.2) is 63.6 Å². The van der Waals surface area contributed by atoms with Gasteiger partial charge in [-0.1, -0.05) is 12.1 Å². The van der Waals surface area contributed by atoms with E-state index in [9.17, 15) is 23.2 Å². The molecule has 1 fully saturated rings. The van der Waals surface area contributed by atoms with Crippen LogP contribution in [0.1, 0.15) is 36.2 Å². The van der Waals surface area contributed by atoms with Crippen LogP contribution in [-0.2, 0) is 11.3 Å². The van der Waals surface area contributed by atoms with E-state index in [-0.39, 0.29) is 17.6 Å². The van der Waals surface area contributed by atoms with Crippen molar-refractivity contribution in [2.45, 2.75) is 44.8 Å². The molecule has 1 aromatic heterocycles. The van der Waals surface area contributed by atoms with Crippen LogP contribution < -0.4 is 16.0 Å². The summed E-state index contributed by atoms with van der Waals surface area (Å²) in [6.07, 6.45) is 2.11. The zero-order valence-corrected chi connectivity index (χ0v) is 18.7. The van der Waals surface area contributed by atoms with Gasteiger partial charge in [-0.15, -0.1) is 0 Å². The number of carbonyl (C=O) groups excluding carboxylic acids is 3. The van der Waals surface area contributed by atoms with Crippen LogP contribution in [0.4, 0.5) is 19.3 Å². The number of benzene rings is 1. The van der Waals surface area contributed by atoms with Crippen molar-refractivity contribution < 1.29 is 23.2 Å². The third-order valence-electron chi connectivity index (χ3n) is 5.01. The van der Waals surface area contributed by atoms with Gasteiger partial charge in [-0.2, -0.15) is 10.4 Å². The molecule has 1 aliphatic heterocycles. The fourth-order valence-electron chi connectivity index (χ4n) is 3.43. The standard InChI is InChI=1S/C22H25F2N7O3/c1-14(2)28-21(34)29-17-5-3-15(4-6-17)11-30-12-16(9-27-30)20(33)26-10-19(32)31-13-22(23,24)7-18(31)8-25/h3-6,9,12,14,18H,7,10-11,13H2,1-2H3,(H,26,33)(H2,28,29,34)/t18-/m0/s1. The fraction of sp³-hybridized carbons (Fsp3) is 0.409. The number of aromatic nitrogens is 2. The van der Waals surface area contributed by atoms with Crippen LogP contribution in [0.2, 0.25) is 0 Å². The highest BCUT2D eigenvalue weighted by Crippen LogP contribution is 2.31. The van der Waals surface area contributed by atoms with Crippen LogP contribution >= 0.6 is 0 Å². The average Bonchev–Trinajstić information content (AvgIpc) is 3.36. The van der Waals surface area contributed by atoms with Crippen molar-refractivity contribution in [3.05, 3.63) is 47.8 Å². The van der Waals surface area contributed by atoms with Crippen molar-refractivity contribution in [1.82, 2.24) is 25.3 Å². The van der Waals surface area contributed by atoms with Gasteiger partial charge in [0.15, 0.2) is 0 Å². The summed E-state index contributed by atoms with van der Waals surface area (Å²) in [7, 11) is 0. The minimum absolute atomic E-state index is 0.0167. The summed E-state index contributed by atoms with van der Waals surface area (Å²) in [5.41, 5.74) is 1.69. The van der Waals surface area contributed by atoms with E-state index in [0.29, 0.717) is 12.2 Å². The summed E-state index contributed by atoms with van der Waals surface area (Å²) in [6, 6.07) is 7.30. The van der Waals surface area contributed by atoms with Crippen LogP contribution in [0.5, 0.6) is 0 Å². The van der Waals surface area contributed by atoms with Gasteiger partial charge in [0.25, 0.3) is 11.8 Å². The molecule has 1 atom stereocenters. The number of anilines is 1. The summed E-state index contributed by atoms with van der Waals surface area (Å²) < 4.78 is 28.5. The molecule has 2 heterocycles.